The molecule has 0 bridgehead atoms. The summed E-state index contributed by atoms with van der Waals surface area (Å²) in [4.78, 5) is 0. The van der Waals surface area contributed by atoms with Crippen molar-refractivity contribution in [3.8, 4) is 11.1 Å². The van der Waals surface area contributed by atoms with Gasteiger partial charge in [-0.3, -0.25) is 0 Å². The number of nitrogens with two attached hydrogens (primary N) is 1. The Kier molecular flexibility index (Phi) is 3.71. The molecule has 3 nitrogen and oxygen atoms in total. The quantitative estimate of drug-likeness (QED) is 0.251. The van der Waals surface area contributed by atoms with Gasteiger partial charge in [-0.2, -0.15) is 0 Å². The maximum atomic E-state index is 14.9. The zero-order chi connectivity index (χ0) is 21.4. The fourth-order valence-corrected chi connectivity index (χ4v) is 9.03. The van der Waals surface area contributed by atoms with Crippen LogP contribution in [0.2, 0.25) is 0 Å². The highest BCUT2D eigenvalue weighted by Gasteiger charge is 2.58. The van der Waals surface area contributed by atoms with Gasteiger partial charge < -0.3 is 4.57 Å². The normalized spacial score (nSPS) is 19.6. The van der Waals surface area contributed by atoms with E-state index in [9.17, 15) is 4.57 Å². The van der Waals surface area contributed by atoms with Crippen molar-refractivity contribution in [3.05, 3.63) is 113 Å². The first-order valence-electron chi connectivity index (χ1n) is 10.7. The van der Waals surface area contributed by atoms with E-state index in [0.717, 1.165) is 21.9 Å². The van der Waals surface area contributed by atoms with Gasteiger partial charge in [0.25, 0.3) is 5.44 Å². The number of nitrogen functional groups attached to an aromatic ring is 1. The van der Waals surface area contributed by atoms with Gasteiger partial charge in [0.1, 0.15) is 0 Å². The van der Waals surface area contributed by atoms with Gasteiger partial charge in [-0.15, -0.1) is 0 Å². The van der Waals surface area contributed by atoms with Crippen LogP contribution in [0.5, 0.6) is 0 Å². The summed E-state index contributed by atoms with van der Waals surface area (Å²) in [6, 6.07) is 29.6. The first-order valence-corrected chi connectivity index (χ1v) is 12.5. The summed E-state index contributed by atoms with van der Waals surface area (Å²) in [5.74, 6) is 6.55. The number of aromatic nitrogens is 1. The number of nitrogens with zero attached hydrogens (tertiary/aromatic N) is 1. The fourth-order valence-electron chi connectivity index (χ4n) is 5.84. The zero-order valence-electron chi connectivity index (χ0n) is 17.6. The van der Waals surface area contributed by atoms with Gasteiger partial charge in [-0.25, -0.2) is 5.84 Å². The monoisotopic (exact) mass is 423 g/mol. The van der Waals surface area contributed by atoms with Crippen LogP contribution >= 0.6 is 7.14 Å². The van der Waals surface area contributed by atoms with Crippen LogP contribution in [0.3, 0.4) is 0 Å². The van der Waals surface area contributed by atoms with E-state index >= 15 is 0 Å². The molecular weight excluding hydrogens is 399 g/mol. The summed E-state index contributed by atoms with van der Waals surface area (Å²) in [6.07, 6.45) is 1.82. The van der Waals surface area contributed by atoms with E-state index in [4.69, 9.17) is 5.84 Å². The first kappa shape index (κ1) is 18.6. The average Bonchev–Trinajstić information content (AvgIpc) is 3.09. The summed E-state index contributed by atoms with van der Waals surface area (Å²) >= 11 is 0. The molecule has 0 amide bonds. The van der Waals surface area contributed by atoms with Crippen molar-refractivity contribution in [2.24, 2.45) is 0 Å². The Hall–Kier alpha value is -3.16. The molecule has 1 spiro atoms. The Morgan fingerprint density at radius 2 is 1.26 bits per heavy atom. The summed E-state index contributed by atoms with van der Waals surface area (Å²) in [7, 11) is -2.97. The van der Waals surface area contributed by atoms with Crippen molar-refractivity contribution >= 4 is 17.9 Å². The highest BCUT2D eigenvalue weighted by molar-refractivity contribution is 7.79. The van der Waals surface area contributed by atoms with Crippen LogP contribution in [-0.2, 0) is 9.98 Å². The lowest BCUT2D eigenvalue weighted by atomic mass is 9.68. The minimum absolute atomic E-state index is 0.0613. The molecule has 4 heteroatoms. The molecule has 152 valence electrons. The van der Waals surface area contributed by atoms with E-state index in [0.29, 0.717) is 0 Å². The third-order valence-electron chi connectivity index (χ3n) is 7.06. The van der Waals surface area contributed by atoms with Crippen molar-refractivity contribution in [2.45, 2.75) is 24.9 Å². The third-order valence-corrected chi connectivity index (χ3v) is 10.7. The van der Waals surface area contributed by atoms with Crippen LogP contribution < -0.4 is 21.3 Å². The molecule has 6 rings (SSSR count). The summed E-state index contributed by atoms with van der Waals surface area (Å²) < 4.78 is 16.5. The summed E-state index contributed by atoms with van der Waals surface area (Å²) in [6.45, 7) is 4.09. The maximum Gasteiger partial charge on any atom is 0.277 e. The van der Waals surface area contributed by atoms with Crippen molar-refractivity contribution in [1.82, 2.24) is 0 Å². The predicted octanol–water partition coefficient (Wildman–Crippen LogP) is 4.09. The van der Waals surface area contributed by atoms with E-state index < -0.39 is 12.6 Å². The van der Waals surface area contributed by atoms with E-state index in [1.54, 1.807) is 4.68 Å². The molecule has 3 aromatic carbocycles. The van der Waals surface area contributed by atoms with E-state index in [2.05, 4.69) is 72.8 Å². The molecule has 2 heterocycles. The van der Waals surface area contributed by atoms with Crippen molar-refractivity contribution < 1.29 is 9.24 Å². The van der Waals surface area contributed by atoms with E-state index in [1.807, 2.05) is 32.2 Å². The second-order valence-corrected chi connectivity index (χ2v) is 12.0. The smallest absolute Gasteiger partial charge is 0.277 e. The second-order valence-electron chi connectivity index (χ2n) is 8.76. The van der Waals surface area contributed by atoms with Crippen LogP contribution in [0, 0.1) is 0 Å². The molecule has 2 aliphatic rings. The highest BCUT2D eigenvalue weighted by Crippen LogP contribution is 2.62. The van der Waals surface area contributed by atoms with Crippen molar-refractivity contribution in [2.75, 3.05) is 5.84 Å². The van der Waals surface area contributed by atoms with Crippen LogP contribution in [0.25, 0.3) is 11.1 Å². The average molecular weight is 423 g/mol. The van der Waals surface area contributed by atoms with Gasteiger partial charge in [0.15, 0.2) is 6.20 Å². The standard InChI is InChI=1S/C27H24N2OP/c1-18(2)31(30)25-16-8-7-14-23(25)27(24-15-9-17-29(28)26(24)31)21-12-5-3-10-19(21)20-11-4-6-13-22(20)27/h3-18H,28H2,1-2H3/q+1. The zero-order valence-corrected chi connectivity index (χ0v) is 18.5. The van der Waals surface area contributed by atoms with Gasteiger partial charge in [-0.05, 0) is 33.9 Å². The number of rotatable bonds is 1. The Morgan fingerprint density at radius 1 is 0.742 bits per heavy atom. The Labute approximate surface area is 182 Å². The lowest BCUT2D eigenvalue weighted by Gasteiger charge is -2.41. The molecule has 1 aromatic heterocycles. The predicted molar refractivity (Wildman–Crippen MR) is 126 cm³/mol. The van der Waals surface area contributed by atoms with Gasteiger partial charge in [-0.1, -0.05) is 91.3 Å². The molecular formula is C27H24N2OP+. The molecule has 31 heavy (non-hydrogen) atoms. The first-order chi connectivity index (χ1) is 15.0. The minimum Gasteiger partial charge on any atom is -0.307 e. The maximum absolute atomic E-state index is 14.9. The van der Waals surface area contributed by atoms with Crippen molar-refractivity contribution in [3.63, 3.8) is 0 Å². The molecule has 0 radical (unpaired) electrons. The van der Waals surface area contributed by atoms with Gasteiger partial charge >= 0.3 is 0 Å². The largest absolute Gasteiger partial charge is 0.307 e. The molecule has 1 aliphatic carbocycles. The SMILES string of the molecule is CC(C)P1(=O)c2ccccc2C2(c3ccccc3-c3ccccc32)c2ccc[n+](N)c21. The van der Waals surface area contributed by atoms with E-state index in [-0.39, 0.29) is 5.66 Å². The Morgan fingerprint density at radius 3 is 1.87 bits per heavy atom. The number of fused-ring (bicyclic) bond motifs is 9. The minimum atomic E-state index is -2.97. The fraction of sp³-hybridized carbons (Fsp3) is 0.148. The number of pyridine rings is 1. The number of benzene rings is 3. The van der Waals surface area contributed by atoms with Crippen molar-refractivity contribution in [1.29, 1.82) is 0 Å². The van der Waals surface area contributed by atoms with Gasteiger partial charge in [0.05, 0.1) is 11.0 Å². The van der Waals surface area contributed by atoms with Gasteiger partial charge in [0, 0.05) is 17.0 Å². The topological polar surface area (TPSA) is 47.0 Å². The van der Waals surface area contributed by atoms with E-state index in [1.165, 1.54) is 22.3 Å². The van der Waals surface area contributed by atoms with Crippen LogP contribution in [-0.4, -0.2) is 5.66 Å². The lowest BCUT2D eigenvalue weighted by Crippen LogP contribution is -2.63. The third kappa shape index (κ3) is 2.05. The summed E-state index contributed by atoms with van der Waals surface area (Å²) in [5.41, 5.74) is 7.22. The van der Waals surface area contributed by atoms with Crippen LogP contribution in [0.4, 0.5) is 0 Å². The molecule has 1 unspecified atom stereocenters. The van der Waals surface area contributed by atoms with Crippen LogP contribution in [0.1, 0.15) is 36.1 Å². The molecule has 1 aliphatic heterocycles. The van der Waals surface area contributed by atoms with Crippen LogP contribution in [0.15, 0.2) is 91.1 Å². The Bertz CT molecular complexity index is 1380. The molecule has 0 saturated heterocycles. The van der Waals surface area contributed by atoms with Gasteiger partial charge in [0.2, 0.25) is 7.14 Å². The number of hydrogen-bond acceptors (Lipinski definition) is 2. The number of hydrogen-bond donors (Lipinski definition) is 1. The summed E-state index contributed by atoms with van der Waals surface area (Å²) in [5, 5.41) is 0.925. The second kappa shape index (κ2) is 6.18. The lowest BCUT2D eigenvalue weighted by molar-refractivity contribution is -0.620. The highest BCUT2D eigenvalue weighted by atomic mass is 31.2. The molecule has 0 fully saturated rings. The molecule has 1 atom stereocenters. The molecule has 4 aromatic rings. The molecule has 2 N–H and O–H groups in total. The molecule has 0 saturated carbocycles. The Balaban J connectivity index is 1.90.